The van der Waals surface area contributed by atoms with E-state index in [1.807, 2.05) is 29.6 Å². The zero-order valence-electron chi connectivity index (χ0n) is 6.98. The highest BCUT2D eigenvalue weighted by molar-refractivity contribution is 7.13. The summed E-state index contributed by atoms with van der Waals surface area (Å²) in [7, 11) is 1.94. The minimum Gasteiger partial charge on any atom is -0.272 e. The molecule has 2 rings (SSSR count). The van der Waals surface area contributed by atoms with Gasteiger partial charge in [0.15, 0.2) is 0 Å². The molecule has 0 amide bonds. The van der Waals surface area contributed by atoms with Crippen LogP contribution < -0.4 is 0 Å². The Kier molecular flexibility index (Phi) is 1.69. The number of aryl methyl sites for hydroxylation is 1. The van der Waals surface area contributed by atoms with Gasteiger partial charge in [-0.2, -0.15) is 5.10 Å². The van der Waals surface area contributed by atoms with Crippen molar-refractivity contribution in [3.05, 3.63) is 23.6 Å². The molecule has 0 radical (unpaired) electrons. The van der Waals surface area contributed by atoms with E-state index >= 15 is 0 Å². The van der Waals surface area contributed by atoms with Gasteiger partial charge in [-0.25, -0.2) is 0 Å². The predicted octanol–water partition coefficient (Wildman–Crippen LogP) is 1.85. The third-order valence-corrected chi connectivity index (χ3v) is 2.74. The summed E-state index contributed by atoms with van der Waals surface area (Å²) in [5.41, 5.74) is 4.20. The van der Waals surface area contributed by atoms with Crippen molar-refractivity contribution in [2.24, 2.45) is 7.05 Å². The van der Waals surface area contributed by atoms with Gasteiger partial charge in [0.25, 0.3) is 0 Å². The zero-order valence-corrected chi connectivity index (χ0v) is 7.80. The van der Waals surface area contributed by atoms with Crippen LogP contribution in [0.4, 0.5) is 0 Å². The molecule has 0 aliphatic rings. The molecule has 2 aromatic heterocycles. The third kappa shape index (κ3) is 1.04. The highest BCUT2D eigenvalue weighted by atomic mass is 32.1. The smallest absolute Gasteiger partial charge is 0.0798 e. The molecule has 4 heteroatoms. The topological polar surface area (TPSA) is 30.7 Å². The average molecular weight is 179 g/mol. The lowest BCUT2D eigenvalue weighted by molar-refractivity contribution is 0.740. The molecule has 2 heterocycles. The number of hydrogen-bond donors (Lipinski definition) is 0. The molecule has 0 fully saturated rings. The lowest BCUT2D eigenvalue weighted by Crippen LogP contribution is -1.91. The van der Waals surface area contributed by atoms with Gasteiger partial charge in [-0.1, -0.05) is 0 Å². The van der Waals surface area contributed by atoms with Crippen molar-refractivity contribution in [3.63, 3.8) is 0 Å². The maximum Gasteiger partial charge on any atom is 0.0798 e. The Morgan fingerprint density at radius 2 is 2.25 bits per heavy atom. The Hall–Kier alpha value is -1.16. The van der Waals surface area contributed by atoms with Crippen molar-refractivity contribution < 1.29 is 0 Å². The summed E-state index contributed by atoms with van der Waals surface area (Å²) in [6.45, 7) is 2.06. The second-order valence-electron chi connectivity index (χ2n) is 2.63. The Morgan fingerprint density at radius 1 is 1.42 bits per heavy atom. The molecule has 0 unspecified atom stereocenters. The maximum absolute atomic E-state index is 4.17. The molecule has 3 nitrogen and oxygen atoms in total. The van der Waals surface area contributed by atoms with Crippen LogP contribution in [0.2, 0.25) is 0 Å². The summed E-state index contributed by atoms with van der Waals surface area (Å²) in [6, 6.07) is 0. The zero-order chi connectivity index (χ0) is 8.55. The largest absolute Gasteiger partial charge is 0.272 e. The van der Waals surface area contributed by atoms with Gasteiger partial charge in [0, 0.05) is 24.5 Å². The van der Waals surface area contributed by atoms with Crippen LogP contribution in [0.1, 0.15) is 5.69 Å². The number of hydrogen-bond acceptors (Lipinski definition) is 3. The van der Waals surface area contributed by atoms with Crippen LogP contribution in [0.15, 0.2) is 17.9 Å². The molecule has 0 aliphatic carbocycles. The molecule has 0 saturated carbocycles. The number of aromatic nitrogens is 3. The van der Waals surface area contributed by atoms with Crippen LogP contribution in [0.3, 0.4) is 0 Å². The van der Waals surface area contributed by atoms with Gasteiger partial charge in [-0.05, 0) is 6.92 Å². The van der Waals surface area contributed by atoms with Gasteiger partial charge in [-0.3, -0.25) is 9.67 Å². The lowest BCUT2D eigenvalue weighted by atomic mass is 10.2. The summed E-state index contributed by atoms with van der Waals surface area (Å²) < 4.78 is 1.87. The quantitative estimate of drug-likeness (QED) is 0.669. The third-order valence-electron chi connectivity index (χ3n) is 1.93. The molecule has 0 spiro atoms. The minimum absolute atomic E-state index is 1.18. The molecular weight excluding hydrogens is 170 g/mol. The summed E-state index contributed by atoms with van der Waals surface area (Å²) in [5.74, 6) is 0. The first-order valence-corrected chi connectivity index (χ1v) is 4.54. The average Bonchev–Trinajstić information content (AvgIpc) is 2.64. The molecule has 0 bridgehead atoms. The van der Waals surface area contributed by atoms with E-state index in [1.165, 1.54) is 16.1 Å². The normalized spacial score (nSPS) is 10.5. The monoisotopic (exact) mass is 179 g/mol. The summed E-state index contributed by atoms with van der Waals surface area (Å²) >= 11 is 1.64. The van der Waals surface area contributed by atoms with Crippen molar-refractivity contribution in [1.29, 1.82) is 0 Å². The van der Waals surface area contributed by atoms with Crippen molar-refractivity contribution in [2.75, 3.05) is 0 Å². The van der Waals surface area contributed by atoms with E-state index in [4.69, 9.17) is 0 Å². The number of nitrogens with zero attached hydrogens (tertiary/aromatic N) is 3. The maximum atomic E-state index is 4.17. The lowest BCUT2D eigenvalue weighted by Gasteiger charge is -1.94. The van der Waals surface area contributed by atoms with Crippen LogP contribution >= 0.6 is 11.3 Å². The first-order chi connectivity index (χ1) is 5.79. The standard InChI is InChI=1S/C8H9N3S/c1-6-7(3-10-11(6)2)8-4-9-5-12-8/h3-5H,1-2H3. The van der Waals surface area contributed by atoms with E-state index < -0.39 is 0 Å². The molecular formula is C8H9N3S. The van der Waals surface area contributed by atoms with E-state index in [0.717, 1.165) is 0 Å². The van der Waals surface area contributed by atoms with Crippen LogP contribution in [0, 0.1) is 6.92 Å². The SMILES string of the molecule is Cc1c(-c2cncs2)cnn1C. The van der Waals surface area contributed by atoms with E-state index in [0.29, 0.717) is 0 Å². The van der Waals surface area contributed by atoms with E-state index in [1.54, 1.807) is 11.3 Å². The van der Waals surface area contributed by atoms with E-state index in [2.05, 4.69) is 17.0 Å². The van der Waals surface area contributed by atoms with Crippen molar-refractivity contribution in [2.45, 2.75) is 6.92 Å². The first kappa shape index (κ1) is 7.49. The van der Waals surface area contributed by atoms with Gasteiger partial charge in [-0.15, -0.1) is 11.3 Å². The van der Waals surface area contributed by atoms with Crippen LogP contribution in [0.25, 0.3) is 10.4 Å². The highest BCUT2D eigenvalue weighted by Gasteiger charge is 2.06. The molecule has 0 atom stereocenters. The Labute approximate surface area is 74.7 Å². The van der Waals surface area contributed by atoms with Crippen LogP contribution in [-0.2, 0) is 7.05 Å². The molecule has 0 saturated heterocycles. The highest BCUT2D eigenvalue weighted by Crippen LogP contribution is 2.25. The van der Waals surface area contributed by atoms with Crippen LogP contribution in [0.5, 0.6) is 0 Å². The Bertz CT molecular complexity index is 375. The molecule has 0 aromatic carbocycles. The van der Waals surface area contributed by atoms with E-state index in [-0.39, 0.29) is 0 Å². The predicted molar refractivity (Wildman–Crippen MR) is 49.1 cm³/mol. The molecule has 0 aliphatic heterocycles. The fourth-order valence-corrected chi connectivity index (χ4v) is 1.77. The second-order valence-corrected chi connectivity index (χ2v) is 3.52. The van der Waals surface area contributed by atoms with Crippen molar-refractivity contribution >= 4 is 11.3 Å². The second kappa shape index (κ2) is 2.71. The number of thiazole rings is 1. The fraction of sp³-hybridized carbons (Fsp3) is 0.250. The molecule has 62 valence electrons. The van der Waals surface area contributed by atoms with Crippen molar-refractivity contribution in [1.82, 2.24) is 14.8 Å². The number of rotatable bonds is 1. The summed E-state index contributed by atoms with van der Waals surface area (Å²) in [5, 5.41) is 4.17. The molecule has 2 aromatic rings. The van der Waals surface area contributed by atoms with E-state index in [9.17, 15) is 0 Å². The summed E-state index contributed by atoms with van der Waals surface area (Å²) in [4.78, 5) is 5.21. The Morgan fingerprint density at radius 3 is 2.75 bits per heavy atom. The summed E-state index contributed by atoms with van der Waals surface area (Å²) in [6.07, 6.45) is 3.75. The molecule has 12 heavy (non-hydrogen) atoms. The fourth-order valence-electron chi connectivity index (χ4n) is 1.09. The van der Waals surface area contributed by atoms with Gasteiger partial charge in [0.05, 0.1) is 16.6 Å². The van der Waals surface area contributed by atoms with Gasteiger partial charge in [0.2, 0.25) is 0 Å². The minimum atomic E-state index is 1.18. The molecule has 0 N–H and O–H groups in total. The first-order valence-electron chi connectivity index (χ1n) is 3.66. The van der Waals surface area contributed by atoms with Crippen LogP contribution in [-0.4, -0.2) is 14.8 Å². The van der Waals surface area contributed by atoms with Gasteiger partial charge >= 0.3 is 0 Å². The van der Waals surface area contributed by atoms with Crippen molar-refractivity contribution in [3.8, 4) is 10.4 Å². The van der Waals surface area contributed by atoms with Gasteiger partial charge < -0.3 is 0 Å². The Balaban J connectivity index is 2.55. The van der Waals surface area contributed by atoms with Gasteiger partial charge in [0.1, 0.15) is 0 Å².